The lowest BCUT2D eigenvalue weighted by Gasteiger charge is -2.26. The number of rotatable bonds is 5. The summed E-state index contributed by atoms with van der Waals surface area (Å²) < 4.78 is 55.1. The van der Waals surface area contributed by atoms with Crippen LogP contribution in [0.3, 0.4) is 0 Å². The van der Waals surface area contributed by atoms with Crippen molar-refractivity contribution in [2.75, 3.05) is 26.4 Å². The number of hydrogen-bond donors (Lipinski definition) is 1. The van der Waals surface area contributed by atoms with Gasteiger partial charge >= 0.3 is 6.18 Å². The van der Waals surface area contributed by atoms with Crippen molar-refractivity contribution in [3.63, 3.8) is 0 Å². The van der Waals surface area contributed by atoms with E-state index >= 15 is 0 Å². The quantitative estimate of drug-likeness (QED) is 0.848. The Morgan fingerprint density at radius 1 is 1.27 bits per heavy atom. The highest BCUT2D eigenvalue weighted by Crippen LogP contribution is 2.34. The lowest BCUT2D eigenvalue weighted by atomic mass is 9.80. The third kappa shape index (κ3) is 3.76. The number of nitrogens with one attached hydrogen (secondary N) is 1. The van der Waals surface area contributed by atoms with Gasteiger partial charge < -0.3 is 10.1 Å². The lowest BCUT2D eigenvalue weighted by Crippen LogP contribution is -2.43. The monoisotopic (exact) mass is 319 g/mol. The van der Waals surface area contributed by atoms with Crippen LogP contribution in [0, 0.1) is 5.41 Å². The van der Waals surface area contributed by atoms with E-state index in [1.165, 1.54) is 12.1 Å². The maximum atomic E-state index is 12.5. The Morgan fingerprint density at radius 3 is 2.45 bits per heavy atom. The molecular weight excluding hydrogens is 302 g/mol. The topological polar surface area (TPSA) is 38.3 Å². The highest BCUT2D eigenvalue weighted by Gasteiger charge is 2.42. The first-order chi connectivity index (χ1) is 10.4. The molecule has 1 atom stereocenters. The van der Waals surface area contributed by atoms with Crippen molar-refractivity contribution in [3.8, 4) is 0 Å². The van der Waals surface area contributed by atoms with Gasteiger partial charge in [-0.2, -0.15) is 13.2 Å². The first-order valence-corrected chi connectivity index (χ1v) is 6.95. The molecule has 1 aliphatic heterocycles. The summed E-state index contributed by atoms with van der Waals surface area (Å²) >= 11 is 0. The normalized spacial score (nSPS) is 21.8. The van der Waals surface area contributed by atoms with E-state index in [0.717, 1.165) is 12.1 Å². The zero-order valence-electron chi connectivity index (χ0n) is 11.9. The summed E-state index contributed by atoms with van der Waals surface area (Å²) in [5.74, 6) is -0.317. The van der Waals surface area contributed by atoms with E-state index < -0.39 is 23.8 Å². The smallest absolute Gasteiger partial charge is 0.380 e. The minimum atomic E-state index is -4.38. The Morgan fingerprint density at radius 2 is 1.95 bits per heavy atom. The second-order valence-electron chi connectivity index (χ2n) is 5.40. The summed E-state index contributed by atoms with van der Waals surface area (Å²) in [5, 5.41) is 2.50. The number of ether oxygens (including phenoxy) is 1. The molecule has 0 spiro atoms. The van der Waals surface area contributed by atoms with E-state index in [9.17, 15) is 22.4 Å². The summed E-state index contributed by atoms with van der Waals surface area (Å²) in [4.78, 5) is 12.2. The molecule has 0 aromatic heterocycles. The fourth-order valence-corrected chi connectivity index (χ4v) is 2.56. The first-order valence-electron chi connectivity index (χ1n) is 6.95. The van der Waals surface area contributed by atoms with Gasteiger partial charge in [0, 0.05) is 13.2 Å². The molecule has 0 bridgehead atoms. The molecule has 1 amide bonds. The van der Waals surface area contributed by atoms with Crippen LogP contribution in [0.5, 0.6) is 0 Å². The third-order valence-corrected chi connectivity index (χ3v) is 3.79. The Kier molecular flexibility index (Phi) is 5.05. The molecule has 1 aliphatic rings. The minimum Gasteiger partial charge on any atom is -0.380 e. The molecule has 1 aromatic rings. The highest BCUT2D eigenvalue weighted by molar-refractivity contribution is 5.83. The van der Waals surface area contributed by atoms with Crippen molar-refractivity contribution in [2.24, 2.45) is 5.41 Å². The van der Waals surface area contributed by atoms with E-state index in [2.05, 4.69) is 5.32 Å². The van der Waals surface area contributed by atoms with Crippen LogP contribution in [0.1, 0.15) is 17.5 Å². The van der Waals surface area contributed by atoms with Crippen molar-refractivity contribution >= 4 is 5.91 Å². The van der Waals surface area contributed by atoms with Crippen LogP contribution in [0.15, 0.2) is 24.3 Å². The molecule has 2 rings (SSSR count). The second kappa shape index (κ2) is 6.64. The third-order valence-electron chi connectivity index (χ3n) is 3.79. The summed E-state index contributed by atoms with van der Waals surface area (Å²) in [6.07, 6.45) is -3.65. The maximum absolute atomic E-state index is 12.5. The number of halogens is 4. The molecule has 22 heavy (non-hydrogen) atoms. The Labute approximate surface area is 125 Å². The number of benzene rings is 1. The van der Waals surface area contributed by atoms with E-state index in [0.29, 0.717) is 18.6 Å². The molecule has 1 N–H and O–H groups in total. The predicted molar refractivity (Wildman–Crippen MR) is 72.0 cm³/mol. The van der Waals surface area contributed by atoms with Gasteiger partial charge in [0.2, 0.25) is 5.91 Å². The molecule has 0 radical (unpaired) electrons. The average molecular weight is 319 g/mol. The van der Waals surface area contributed by atoms with Gasteiger partial charge in [-0.1, -0.05) is 12.1 Å². The minimum absolute atomic E-state index is 0.0758. The SMILES string of the molecule is O=C(NCCF)[C@]1(Cc2ccc(C(F)(F)F)cc2)CCOC1. The lowest BCUT2D eigenvalue weighted by molar-refractivity contribution is -0.137. The summed E-state index contributed by atoms with van der Waals surface area (Å²) in [6, 6.07) is 4.73. The van der Waals surface area contributed by atoms with Gasteiger partial charge in [-0.05, 0) is 30.5 Å². The Bertz CT molecular complexity index is 507. The van der Waals surface area contributed by atoms with Crippen LogP contribution >= 0.6 is 0 Å². The molecule has 0 saturated carbocycles. The Balaban J connectivity index is 2.13. The zero-order valence-corrected chi connectivity index (χ0v) is 11.9. The van der Waals surface area contributed by atoms with E-state index in [1.54, 1.807) is 0 Å². The molecule has 7 heteroatoms. The van der Waals surface area contributed by atoms with Crippen molar-refractivity contribution in [3.05, 3.63) is 35.4 Å². The molecule has 1 aromatic carbocycles. The summed E-state index contributed by atoms with van der Waals surface area (Å²) in [6.45, 7) is -0.146. The maximum Gasteiger partial charge on any atom is 0.416 e. The Hall–Kier alpha value is -1.63. The molecule has 1 saturated heterocycles. The van der Waals surface area contributed by atoms with Gasteiger partial charge in [0.25, 0.3) is 0 Å². The molecule has 0 aliphatic carbocycles. The summed E-state index contributed by atoms with van der Waals surface area (Å²) in [5.41, 5.74) is -0.946. The zero-order chi connectivity index (χ0) is 16.2. The van der Waals surface area contributed by atoms with Crippen LogP contribution in [-0.2, 0) is 22.1 Å². The van der Waals surface area contributed by atoms with E-state index in [1.807, 2.05) is 0 Å². The van der Waals surface area contributed by atoms with Crippen LogP contribution in [0.2, 0.25) is 0 Å². The van der Waals surface area contributed by atoms with Crippen LogP contribution in [0.25, 0.3) is 0 Å². The highest BCUT2D eigenvalue weighted by atomic mass is 19.4. The standard InChI is InChI=1S/C15H17F4NO2/c16-6-7-20-13(21)14(5-8-22-10-14)9-11-1-3-12(4-2-11)15(17,18)19/h1-4H,5-10H2,(H,20,21)/t14-/m0/s1. The number of amides is 1. The fourth-order valence-electron chi connectivity index (χ4n) is 2.56. The van der Waals surface area contributed by atoms with Gasteiger partial charge in [-0.3, -0.25) is 4.79 Å². The molecule has 122 valence electrons. The number of alkyl halides is 4. The van der Waals surface area contributed by atoms with Crippen molar-refractivity contribution < 1.29 is 27.1 Å². The number of carbonyl (C=O) groups excluding carboxylic acids is 1. The van der Waals surface area contributed by atoms with E-state index in [4.69, 9.17) is 4.74 Å². The van der Waals surface area contributed by atoms with Crippen LogP contribution < -0.4 is 5.32 Å². The molecule has 3 nitrogen and oxygen atoms in total. The fraction of sp³-hybridized carbons (Fsp3) is 0.533. The van der Waals surface area contributed by atoms with E-state index in [-0.39, 0.29) is 25.5 Å². The van der Waals surface area contributed by atoms with Gasteiger partial charge in [-0.25, -0.2) is 4.39 Å². The molecule has 1 fully saturated rings. The van der Waals surface area contributed by atoms with Crippen LogP contribution in [-0.4, -0.2) is 32.3 Å². The predicted octanol–water partition coefficient (Wildman–Crippen LogP) is 2.74. The second-order valence-corrected chi connectivity index (χ2v) is 5.40. The van der Waals surface area contributed by atoms with Gasteiger partial charge in [0.1, 0.15) is 6.67 Å². The first kappa shape index (κ1) is 16.7. The number of hydrogen-bond acceptors (Lipinski definition) is 2. The van der Waals surface area contributed by atoms with Crippen molar-refractivity contribution in [1.29, 1.82) is 0 Å². The van der Waals surface area contributed by atoms with Crippen molar-refractivity contribution in [1.82, 2.24) is 5.32 Å². The molecular formula is C15H17F4NO2. The van der Waals surface area contributed by atoms with Crippen LogP contribution in [0.4, 0.5) is 17.6 Å². The van der Waals surface area contributed by atoms with Crippen molar-refractivity contribution in [2.45, 2.75) is 19.0 Å². The summed E-state index contributed by atoms with van der Waals surface area (Å²) in [7, 11) is 0. The average Bonchev–Trinajstić information content (AvgIpc) is 2.94. The van der Waals surface area contributed by atoms with Gasteiger partial charge in [0.15, 0.2) is 0 Å². The van der Waals surface area contributed by atoms with Gasteiger partial charge in [-0.15, -0.1) is 0 Å². The molecule has 0 unspecified atom stereocenters. The number of carbonyl (C=O) groups is 1. The van der Waals surface area contributed by atoms with Gasteiger partial charge in [0.05, 0.1) is 17.6 Å². The largest absolute Gasteiger partial charge is 0.416 e. The molecule has 1 heterocycles.